The summed E-state index contributed by atoms with van der Waals surface area (Å²) in [5.41, 5.74) is 2.74. The van der Waals surface area contributed by atoms with Crippen LogP contribution in [0.4, 0.5) is 0 Å². The Kier molecular flexibility index (Phi) is 5.67. The summed E-state index contributed by atoms with van der Waals surface area (Å²) in [6.45, 7) is 6.29. The third-order valence-electron chi connectivity index (χ3n) is 2.44. The number of hydrogen-bond acceptors (Lipinski definition) is 1. The van der Waals surface area contributed by atoms with Crippen LogP contribution in [0.15, 0.2) is 24.3 Å². The van der Waals surface area contributed by atoms with Gasteiger partial charge in [0.2, 0.25) is 0 Å². The molecule has 0 saturated heterocycles. The van der Waals surface area contributed by atoms with Gasteiger partial charge in [0.25, 0.3) is 0 Å². The maximum Gasteiger partial charge on any atom is 0.0212 e. The van der Waals surface area contributed by atoms with Crippen molar-refractivity contribution in [3.8, 4) is 12.3 Å². The fourth-order valence-electron chi connectivity index (χ4n) is 1.66. The van der Waals surface area contributed by atoms with E-state index in [1.807, 2.05) is 0 Å². The molecule has 0 atom stereocenters. The minimum Gasteiger partial charge on any atom is -0.312 e. The van der Waals surface area contributed by atoms with Gasteiger partial charge >= 0.3 is 0 Å². The summed E-state index contributed by atoms with van der Waals surface area (Å²) < 4.78 is 0. The van der Waals surface area contributed by atoms with E-state index in [9.17, 15) is 0 Å². The van der Waals surface area contributed by atoms with Gasteiger partial charge < -0.3 is 5.32 Å². The molecule has 0 unspecified atom stereocenters. The van der Waals surface area contributed by atoms with E-state index < -0.39 is 0 Å². The summed E-state index contributed by atoms with van der Waals surface area (Å²) in [4.78, 5) is 0. The summed E-state index contributed by atoms with van der Waals surface area (Å²) >= 11 is 0. The minimum atomic E-state index is 0.722. The van der Waals surface area contributed by atoms with Crippen molar-refractivity contribution in [2.75, 3.05) is 6.54 Å². The number of nitrogens with one attached hydrogen (secondary N) is 1. The van der Waals surface area contributed by atoms with Crippen molar-refractivity contribution < 1.29 is 0 Å². The predicted octanol–water partition coefficient (Wildman–Crippen LogP) is 3.00. The molecule has 0 bridgehead atoms. The van der Waals surface area contributed by atoms with E-state index in [1.165, 1.54) is 11.1 Å². The fraction of sp³-hybridized carbons (Fsp3) is 0.467. The molecule has 0 radical (unpaired) electrons. The molecule has 1 aromatic carbocycles. The Morgan fingerprint density at radius 3 is 2.38 bits per heavy atom. The largest absolute Gasteiger partial charge is 0.312 e. The molecule has 0 aliphatic heterocycles. The van der Waals surface area contributed by atoms with Gasteiger partial charge in [-0.25, -0.2) is 0 Å². The van der Waals surface area contributed by atoms with Gasteiger partial charge in [-0.05, 0) is 23.5 Å². The van der Waals surface area contributed by atoms with Crippen LogP contribution in [0.5, 0.6) is 0 Å². The van der Waals surface area contributed by atoms with Crippen LogP contribution >= 0.6 is 0 Å². The molecule has 86 valence electrons. The zero-order chi connectivity index (χ0) is 11.8. The van der Waals surface area contributed by atoms with Crippen molar-refractivity contribution in [3.63, 3.8) is 0 Å². The molecule has 0 fully saturated rings. The molecule has 0 saturated carbocycles. The van der Waals surface area contributed by atoms with Crippen molar-refractivity contribution in [2.24, 2.45) is 5.92 Å². The quantitative estimate of drug-likeness (QED) is 0.568. The maximum atomic E-state index is 5.18. The lowest BCUT2D eigenvalue weighted by Gasteiger charge is -2.07. The number of terminal acetylenes is 1. The molecule has 1 N–H and O–H groups in total. The first-order valence-electron chi connectivity index (χ1n) is 5.94. The first-order chi connectivity index (χ1) is 7.72. The fourth-order valence-corrected chi connectivity index (χ4v) is 1.66. The first kappa shape index (κ1) is 12.8. The van der Waals surface area contributed by atoms with E-state index in [-0.39, 0.29) is 0 Å². The second kappa shape index (κ2) is 7.09. The molecule has 16 heavy (non-hydrogen) atoms. The summed E-state index contributed by atoms with van der Waals surface area (Å²) in [5.74, 6) is 3.34. The monoisotopic (exact) mass is 215 g/mol. The van der Waals surface area contributed by atoms with E-state index in [1.54, 1.807) is 0 Å². The van der Waals surface area contributed by atoms with Gasteiger partial charge in [0.05, 0.1) is 0 Å². The zero-order valence-electron chi connectivity index (χ0n) is 10.3. The molecule has 0 spiro atoms. The topological polar surface area (TPSA) is 12.0 Å². The number of rotatable bonds is 6. The van der Waals surface area contributed by atoms with E-state index in [0.717, 1.165) is 31.8 Å². The standard InChI is InChI=1S/C15H21N/c1-4-5-10-16-12-15-8-6-14(7-9-15)11-13(2)3/h1,6-9,13,16H,5,10-12H2,2-3H3. The second-order valence-electron chi connectivity index (χ2n) is 4.55. The highest BCUT2D eigenvalue weighted by Crippen LogP contribution is 2.09. The van der Waals surface area contributed by atoms with Crippen molar-refractivity contribution in [2.45, 2.75) is 33.2 Å². The van der Waals surface area contributed by atoms with Crippen LogP contribution < -0.4 is 5.32 Å². The lowest BCUT2D eigenvalue weighted by atomic mass is 10.0. The normalized spacial score (nSPS) is 10.4. The van der Waals surface area contributed by atoms with Crippen LogP contribution in [0.2, 0.25) is 0 Å². The SMILES string of the molecule is C#CCCNCc1ccc(CC(C)C)cc1. The average molecular weight is 215 g/mol. The Morgan fingerprint density at radius 1 is 1.19 bits per heavy atom. The van der Waals surface area contributed by atoms with Gasteiger partial charge in [-0.3, -0.25) is 0 Å². The van der Waals surface area contributed by atoms with Crippen molar-refractivity contribution in [3.05, 3.63) is 35.4 Å². The molecular formula is C15H21N. The van der Waals surface area contributed by atoms with Crippen LogP contribution in [0.1, 0.15) is 31.4 Å². The van der Waals surface area contributed by atoms with Crippen molar-refractivity contribution in [1.29, 1.82) is 0 Å². The molecule has 0 heterocycles. The average Bonchev–Trinajstić information content (AvgIpc) is 2.26. The van der Waals surface area contributed by atoms with Crippen molar-refractivity contribution in [1.82, 2.24) is 5.32 Å². The minimum absolute atomic E-state index is 0.722. The molecule has 1 heteroatoms. The highest BCUT2D eigenvalue weighted by Gasteiger charge is 1.97. The third kappa shape index (κ3) is 5.00. The van der Waals surface area contributed by atoms with E-state index in [0.29, 0.717) is 0 Å². The van der Waals surface area contributed by atoms with E-state index in [4.69, 9.17) is 6.42 Å². The molecular weight excluding hydrogens is 194 g/mol. The highest BCUT2D eigenvalue weighted by atomic mass is 14.8. The number of benzene rings is 1. The summed E-state index contributed by atoms with van der Waals surface area (Å²) in [7, 11) is 0. The Hall–Kier alpha value is -1.26. The van der Waals surface area contributed by atoms with Gasteiger partial charge in [-0.2, -0.15) is 0 Å². The molecule has 0 aliphatic rings. The van der Waals surface area contributed by atoms with Crippen LogP contribution in [0.3, 0.4) is 0 Å². The van der Waals surface area contributed by atoms with Gasteiger partial charge in [0.1, 0.15) is 0 Å². The van der Waals surface area contributed by atoms with Gasteiger partial charge in [-0.1, -0.05) is 38.1 Å². The van der Waals surface area contributed by atoms with Gasteiger partial charge in [0, 0.05) is 19.5 Å². The summed E-state index contributed by atoms with van der Waals surface area (Å²) in [5, 5.41) is 3.32. The lowest BCUT2D eigenvalue weighted by molar-refractivity contribution is 0.646. The Balaban J connectivity index is 2.37. The van der Waals surface area contributed by atoms with Gasteiger partial charge in [-0.15, -0.1) is 12.3 Å². The molecule has 1 rings (SSSR count). The summed E-state index contributed by atoms with van der Waals surface area (Å²) in [6, 6.07) is 8.83. The predicted molar refractivity (Wildman–Crippen MR) is 70.1 cm³/mol. The highest BCUT2D eigenvalue weighted by molar-refractivity contribution is 5.22. The summed E-state index contributed by atoms with van der Waals surface area (Å²) in [6.07, 6.45) is 7.14. The van der Waals surface area contributed by atoms with Crippen LogP contribution in [0.25, 0.3) is 0 Å². The maximum absolute atomic E-state index is 5.18. The van der Waals surface area contributed by atoms with Crippen LogP contribution in [-0.2, 0) is 13.0 Å². The Labute approximate surface area is 99.3 Å². The van der Waals surface area contributed by atoms with Crippen LogP contribution in [-0.4, -0.2) is 6.54 Å². The first-order valence-corrected chi connectivity index (χ1v) is 5.94. The third-order valence-corrected chi connectivity index (χ3v) is 2.44. The zero-order valence-corrected chi connectivity index (χ0v) is 10.3. The van der Waals surface area contributed by atoms with E-state index in [2.05, 4.69) is 49.4 Å². The van der Waals surface area contributed by atoms with Gasteiger partial charge in [0.15, 0.2) is 0 Å². The van der Waals surface area contributed by atoms with E-state index >= 15 is 0 Å². The molecule has 0 aliphatic carbocycles. The number of hydrogen-bond donors (Lipinski definition) is 1. The molecule has 1 aromatic rings. The Bertz CT molecular complexity index is 329. The molecule has 0 amide bonds. The lowest BCUT2D eigenvalue weighted by Crippen LogP contribution is -2.14. The van der Waals surface area contributed by atoms with Crippen molar-refractivity contribution >= 4 is 0 Å². The Morgan fingerprint density at radius 2 is 1.81 bits per heavy atom. The molecule has 1 nitrogen and oxygen atoms in total. The molecule has 0 aromatic heterocycles. The van der Waals surface area contributed by atoms with Crippen LogP contribution in [0, 0.1) is 18.3 Å². The smallest absolute Gasteiger partial charge is 0.0212 e. The second-order valence-corrected chi connectivity index (χ2v) is 4.55.